The van der Waals surface area contributed by atoms with E-state index in [1.165, 1.54) is 23.5 Å². The molecule has 1 aromatic carbocycles. The lowest BCUT2D eigenvalue weighted by Gasteiger charge is -2.05. The molecule has 0 atom stereocenters. The van der Waals surface area contributed by atoms with Crippen molar-refractivity contribution < 1.29 is 19.0 Å². The Labute approximate surface area is 119 Å². The van der Waals surface area contributed by atoms with Crippen LogP contribution in [0.15, 0.2) is 36.5 Å². The van der Waals surface area contributed by atoms with Crippen molar-refractivity contribution in [1.82, 2.24) is 4.98 Å². The number of halogens is 1. The van der Waals surface area contributed by atoms with E-state index in [4.69, 9.17) is 9.84 Å². The predicted octanol–water partition coefficient (Wildman–Crippen LogP) is 3.00. The molecule has 0 spiro atoms. The Morgan fingerprint density at radius 2 is 2.25 bits per heavy atom. The molecule has 0 aliphatic rings. The van der Waals surface area contributed by atoms with Crippen molar-refractivity contribution in [2.45, 2.75) is 6.42 Å². The summed E-state index contributed by atoms with van der Waals surface area (Å²) in [5.74, 6) is -1.17. The largest absolute Gasteiger partial charge is 0.490 e. The molecule has 0 unspecified atom stereocenters. The molecule has 20 heavy (non-hydrogen) atoms. The molecule has 0 fully saturated rings. The highest BCUT2D eigenvalue weighted by Crippen LogP contribution is 2.18. The van der Waals surface area contributed by atoms with Gasteiger partial charge >= 0.3 is 5.97 Å². The number of carboxylic acids is 1. The first kappa shape index (κ1) is 14.2. The Morgan fingerprint density at radius 3 is 3.00 bits per heavy atom. The highest BCUT2D eigenvalue weighted by atomic mass is 32.1. The van der Waals surface area contributed by atoms with Gasteiger partial charge in [-0.1, -0.05) is 12.1 Å². The second-order valence-electron chi connectivity index (χ2n) is 3.86. The monoisotopic (exact) mass is 293 g/mol. The number of hydrogen-bond donors (Lipinski definition) is 1. The van der Waals surface area contributed by atoms with Gasteiger partial charge in [-0.2, -0.15) is 0 Å². The van der Waals surface area contributed by atoms with Gasteiger partial charge in [0.1, 0.15) is 0 Å². The zero-order valence-electron chi connectivity index (χ0n) is 10.5. The van der Waals surface area contributed by atoms with E-state index in [0.29, 0.717) is 13.0 Å². The van der Waals surface area contributed by atoms with Crippen LogP contribution < -0.4 is 4.74 Å². The van der Waals surface area contributed by atoms with Gasteiger partial charge in [-0.25, -0.2) is 14.2 Å². The fraction of sp³-hybridized carbons (Fsp3) is 0.143. The van der Waals surface area contributed by atoms with Crippen LogP contribution in [0, 0.1) is 5.82 Å². The summed E-state index contributed by atoms with van der Waals surface area (Å²) in [4.78, 5) is 15.3. The Morgan fingerprint density at radius 1 is 1.45 bits per heavy atom. The van der Waals surface area contributed by atoms with Crippen LogP contribution in [0.5, 0.6) is 5.75 Å². The first-order valence-electron chi connectivity index (χ1n) is 5.88. The van der Waals surface area contributed by atoms with Crippen LogP contribution in [0.2, 0.25) is 0 Å². The molecule has 0 aliphatic heterocycles. The Bertz CT molecular complexity index is 624. The third-order valence-corrected chi connectivity index (χ3v) is 3.39. The third-order valence-electron chi connectivity index (χ3n) is 2.37. The van der Waals surface area contributed by atoms with E-state index in [1.807, 2.05) is 0 Å². The average Bonchev–Trinajstić information content (AvgIpc) is 2.87. The summed E-state index contributed by atoms with van der Waals surface area (Å²) in [5.41, 5.74) is 0. The summed E-state index contributed by atoms with van der Waals surface area (Å²) in [6.07, 6.45) is 4.69. The molecule has 104 valence electrons. The summed E-state index contributed by atoms with van der Waals surface area (Å²) in [7, 11) is 0. The molecule has 0 bridgehead atoms. The number of thiazole rings is 1. The summed E-state index contributed by atoms with van der Waals surface area (Å²) in [6, 6.07) is 6.21. The number of aliphatic carboxylic acids is 1. The fourth-order valence-electron chi connectivity index (χ4n) is 1.48. The average molecular weight is 293 g/mol. The summed E-state index contributed by atoms with van der Waals surface area (Å²) in [5, 5.41) is 9.33. The number of benzene rings is 1. The number of hydrogen-bond acceptors (Lipinski definition) is 4. The van der Waals surface area contributed by atoms with Gasteiger partial charge in [-0.15, -0.1) is 11.3 Å². The number of carbonyl (C=O) groups is 1. The molecule has 2 aromatic rings. The number of ether oxygens (including phenoxy) is 1. The molecule has 0 aliphatic carbocycles. The molecule has 2 rings (SSSR count). The Hall–Kier alpha value is -2.21. The van der Waals surface area contributed by atoms with Crippen molar-refractivity contribution in [3.63, 3.8) is 0 Å². The van der Waals surface area contributed by atoms with Crippen LogP contribution in [0.25, 0.3) is 6.08 Å². The highest BCUT2D eigenvalue weighted by Gasteiger charge is 2.04. The van der Waals surface area contributed by atoms with E-state index < -0.39 is 11.8 Å². The van der Waals surface area contributed by atoms with Crippen molar-refractivity contribution in [2.24, 2.45) is 0 Å². The normalized spacial score (nSPS) is 10.8. The van der Waals surface area contributed by atoms with Gasteiger partial charge < -0.3 is 9.84 Å². The number of rotatable bonds is 6. The van der Waals surface area contributed by atoms with Gasteiger partial charge in [0.05, 0.1) is 11.6 Å². The smallest absolute Gasteiger partial charge is 0.328 e. The zero-order valence-corrected chi connectivity index (χ0v) is 11.3. The second kappa shape index (κ2) is 6.81. The zero-order chi connectivity index (χ0) is 14.4. The van der Waals surface area contributed by atoms with E-state index in [0.717, 1.165) is 16.0 Å². The van der Waals surface area contributed by atoms with Gasteiger partial charge in [-0.05, 0) is 18.2 Å². The van der Waals surface area contributed by atoms with Gasteiger partial charge in [0.25, 0.3) is 0 Å². The lowest BCUT2D eigenvalue weighted by Crippen LogP contribution is -2.02. The minimum Gasteiger partial charge on any atom is -0.490 e. The van der Waals surface area contributed by atoms with Crippen molar-refractivity contribution in [2.75, 3.05) is 6.61 Å². The minimum atomic E-state index is -0.997. The highest BCUT2D eigenvalue weighted by molar-refractivity contribution is 7.12. The van der Waals surface area contributed by atoms with Crippen molar-refractivity contribution in [1.29, 1.82) is 0 Å². The van der Waals surface area contributed by atoms with Crippen molar-refractivity contribution >= 4 is 23.4 Å². The number of nitrogens with zero attached hydrogens (tertiary/aromatic N) is 1. The van der Waals surface area contributed by atoms with Gasteiger partial charge in [0.15, 0.2) is 11.6 Å². The van der Waals surface area contributed by atoms with E-state index in [1.54, 1.807) is 24.4 Å². The topological polar surface area (TPSA) is 59.4 Å². The Kier molecular flexibility index (Phi) is 4.84. The molecular formula is C14H12FNO3S. The van der Waals surface area contributed by atoms with Gasteiger partial charge in [0.2, 0.25) is 0 Å². The summed E-state index contributed by atoms with van der Waals surface area (Å²) < 4.78 is 18.6. The summed E-state index contributed by atoms with van der Waals surface area (Å²) >= 11 is 1.38. The standard InChI is InChI=1S/C14H12FNO3S/c15-11-3-1-2-4-12(11)19-8-7-13-16-9-10(20-13)5-6-14(17)18/h1-6,9H,7-8H2,(H,17,18)/b6-5+. The molecule has 0 saturated heterocycles. The van der Waals surface area contributed by atoms with Crippen LogP contribution >= 0.6 is 11.3 Å². The number of para-hydroxylation sites is 1. The molecule has 1 N–H and O–H groups in total. The second-order valence-corrected chi connectivity index (χ2v) is 5.00. The van der Waals surface area contributed by atoms with Gasteiger partial charge in [0, 0.05) is 23.6 Å². The maximum absolute atomic E-state index is 13.3. The molecule has 6 heteroatoms. The van der Waals surface area contributed by atoms with Crippen molar-refractivity contribution in [3.05, 3.63) is 52.2 Å². The predicted molar refractivity (Wildman–Crippen MR) is 74.4 cm³/mol. The van der Waals surface area contributed by atoms with Crippen LogP contribution in [-0.2, 0) is 11.2 Å². The molecule has 4 nitrogen and oxygen atoms in total. The van der Waals surface area contributed by atoms with Crippen LogP contribution in [0.4, 0.5) is 4.39 Å². The van der Waals surface area contributed by atoms with Crippen molar-refractivity contribution in [3.8, 4) is 5.75 Å². The first-order chi connectivity index (χ1) is 9.65. The summed E-state index contributed by atoms with van der Waals surface area (Å²) in [6.45, 7) is 0.316. The third kappa shape index (κ3) is 4.17. The quantitative estimate of drug-likeness (QED) is 0.832. The number of carboxylic acid groups (broad SMARTS) is 1. The van der Waals surface area contributed by atoms with Gasteiger partial charge in [-0.3, -0.25) is 0 Å². The molecule has 0 amide bonds. The molecule has 0 radical (unpaired) electrons. The molecular weight excluding hydrogens is 281 g/mol. The molecule has 1 heterocycles. The van der Waals surface area contributed by atoms with Crippen LogP contribution in [0.3, 0.4) is 0 Å². The molecule has 1 aromatic heterocycles. The lowest BCUT2D eigenvalue weighted by atomic mass is 10.3. The van der Waals surface area contributed by atoms with Crippen LogP contribution in [-0.4, -0.2) is 22.7 Å². The van der Waals surface area contributed by atoms with E-state index in [-0.39, 0.29) is 5.75 Å². The van der Waals surface area contributed by atoms with E-state index >= 15 is 0 Å². The fourth-order valence-corrected chi connectivity index (χ4v) is 2.28. The van der Waals surface area contributed by atoms with E-state index in [2.05, 4.69) is 4.98 Å². The number of aromatic nitrogens is 1. The minimum absolute atomic E-state index is 0.218. The van der Waals surface area contributed by atoms with E-state index in [9.17, 15) is 9.18 Å². The molecule has 0 saturated carbocycles. The maximum Gasteiger partial charge on any atom is 0.328 e. The SMILES string of the molecule is O=C(O)/C=C/c1cnc(CCOc2ccccc2F)s1. The maximum atomic E-state index is 13.3. The first-order valence-corrected chi connectivity index (χ1v) is 6.70. The lowest BCUT2D eigenvalue weighted by molar-refractivity contribution is -0.131. The van der Waals surface area contributed by atoms with Crippen LogP contribution in [0.1, 0.15) is 9.88 Å². The Balaban J connectivity index is 1.86.